The molecule has 132 valence electrons. The van der Waals surface area contributed by atoms with Gasteiger partial charge in [-0.2, -0.15) is 0 Å². The molecule has 0 aliphatic carbocycles. The molecule has 0 spiro atoms. The number of nitrogen functional groups attached to an aromatic ring is 1. The van der Waals surface area contributed by atoms with E-state index < -0.39 is 0 Å². The average molecular weight is 478 g/mol. The topological polar surface area (TPSA) is 105 Å². The van der Waals surface area contributed by atoms with Crippen molar-refractivity contribution in [2.45, 2.75) is 0 Å². The highest BCUT2D eigenvalue weighted by Gasteiger charge is 2.11. The highest BCUT2D eigenvalue weighted by atomic mass is 79.9. The molecule has 9 heteroatoms. The second-order valence-electron chi connectivity index (χ2n) is 5.18. The fourth-order valence-electron chi connectivity index (χ4n) is 2.07. The van der Waals surface area contributed by atoms with Gasteiger partial charge in [-0.25, -0.2) is 9.97 Å². The average Bonchev–Trinajstić information content (AvgIpc) is 2.64. The van der Waals surface area contributed by atoms with Gasteiger partial charge in [0.15, 0.2) is 11.6 Å². The first kappa shape index (κ1) is 18.2. The maximum absolute atomic E-state index is 12.2. The number of amides is 1. The molecule has 0 atom stereocenters. The summed E-state index contributed by atoms with van der Waals surface area (Å²) in [6, 6.07) is 14.5. The summed E-state index contributed by atoms with van der Waals surface area (Å²) in [4.78, 5) is 20.4. The molecule has 7 nitrogen and oxygen atoms in total. The zero-order chi connectivity index (χ0) is 18.5. The minimum Gasteiger partial charge on any atom is -0.393 e. The molecule has 0 saturated heterocycles. The van der Waals surface area contributed by atoms with Gasteiger partial charge in [-0.15, -0.1) is 0 Å². The number of carbonyl (C=O) groups is 1. The highest BCUT2D eigenvalue weighted by Crippen LogP contribution is 2.29. The molecular formula is C17H14Br2N6O. The minimum absolute atomic E-state index is 0.277. The Hall–Kier alpha value is -2.65. The third kappa shape index (κ3) is 4.30. The second-order valence-corrected chi connectivity index (χ2v) is 6.95. The van der Waals surface area contributed by atoms with Crippen LogP contribution < -0.4 is 21.9 Å². The zero-order valence-corrected chi connectivity index (χ0v) is 16.5. The van der Waals surface area contributed by atoms with E-state index in [0.29, 0.717) is 17.2 Å². The minimum atomic E-state index is -0.309. The summed E-state index contributed by atoms with van der Waals surface area (Å²) in [5.74, 6) is 0.406. The molecule has 0 aliphatic rings. The lowest BCUT2D eigenvalue weighted by atomic mass is 10.2. The van der Waals surface area contributed by atoms with Gasteiger partial charge in [0, 0.05) is 14.5 Å². The zero-order valence-electron chi connectivity index (χ0n) is 13.3. The predicted molar refractivity (Wildman–Crippen MR) is 109 cm³/mol. The fourth-order valence-corrected chi connectivity index (χ4v) is 2.72. The van der Waals surface area contributed by atoms with E-state index in [4.69, 9.17) is 5.73 Å². The van der Waals surface area contributed by atoms with Gasteiger partial charge in [0.05, 0.1) is 5.69 Å². The number of benzene rings is 2. The molecule has 3 aromatic rings. The summed E-state index contributed by atoms with van der Waals surface area (Å²) in [5, 5.41) is 3.13. The van der Waals surface area contributed by atoms with Crippen LogP contribution in [0.25, 0.3) is 0 Å². The summed E-state index contributed by atoms with van der Waals surface area (Å²) in [7, 11) is 0. The van der Waals surface area contributed by atoms with Gasteiger partial charge in [-0.05, 0) is 52.3 Å². The number of nitrogens with two attached hydrogens (primary N) is 1. The third-order valence-corrected chi connectivity index (χ3v) is 4.63. The van der Waals surface area contributed by atoms with Crippen LogP contribution in [0.5, 0.6) is 0 Å². The Morgan fingerprint density at radius 3 is 2.38 bits per heavy atom. The molecule has 0 bridgehead atoms. The first-order valence-electron chi connectivity index (χ1n) is 7.48. The Kier molecular flexibility index (Phi) is 5.69. The quantitative estimate of drug-likeness (QED) is 0.412. The van der Waals surface area contributed by atoms with Crippen molar-refractivity contribution in [3.63, 3.8) is 0 Å². The number of rotatable bonds is 5. The lowest BCUT2D eigenvalue weighted by Gasteiger charge is -2.14. The molecule has 0 radical (unpaired) electrons. The number of hydrogen-bond donors (Lipinski definition) is 4. The largest absolute Gasteiger partial charge is 0.393 e. The number of hydrazine groups is 1. The molecule has 0 fully saturated rings. The van der Waals surface area contributed by atoms with E-state index in [1.54, 1.807) is 24.3 Å². The van der Waals surface area contributed by atoms with Crippen LogP contribution in [0.1, 0.15) is 10.4 Å². The van der Waals surface area contributed by atoms with Gasteiger partial charge in [0.25, 0.3) is 5.91 Å². The maximum Gasteiger partial charge on any atom is 0.269 e. The van der Waals surface area contributed by atoms with Gasteiger partial charge in [-0.1, -0.05) is 28.1 Å². The third-order valence-electron chi connectivity index (χ3n) is 3.41. The first-order chi connectivity index (χ1) is 12.5. The number of carbonyl (C=O) groups excluding carboxylic acids is 1. The standard InChI is InChI=1S/C17H14Br2N6O/c18-11-7-5-10(6-8-11)17(26)25-24-16-14(20)15(21-9-22-16)23-13-4-2-1-3-12(13)19/h1-9H,20H2,(H,25,26)(H2,21,22,23,24). The Labute approximate surface area is 166 Å². The van der Waals surface area contributed by atoms with E-state index in [9.17, 15) is 4.79 Å². The van der Waals surface area contributed by atoms with E-state index in [-0.39, 0.29) is 11.6 Å². The Morgan fingerprint density at radius 1 is 0.962 bits per heavy atom. The Bertz CT molecular complexity index is 933. The number of aromatic nitrogens is 2. The van der Waals surface area contributed by atoms with Crippen molar-refractivity contribution in [2.24, 2.45) is 0 Å². The van der Waals surface area contributed by atoms with E-state index in [1.165, 1.54) is 6.33 Å². The van der Waals surface area contributed by atoms with Crippen LogP contribution >= 0.6 is 31.9 Å². The van der Waals surface area contributed by atoms with Crippen LogP contribution in [-0.4, -0.2) is 15.9 Å². The second kappa shape index (κ2) is 8.15. The van der Waals surface area contributed by atoms with Gasteiger partial charge < -0.3 is 11.1 Å². The number of nitrogens with one attached hydrogen (secondary N) is 3. The Morgan fingerprint density at radius 2 is 1.65 bits per heavy atom. The highest BCUT2D eigenvalue weighted by molar-refractivity contribution is 9.10. The Balaban J connectivity index is 1.72. The van der Waals surface area contributed by atoms with E-state index in [2.05, 4.69) is 58.0 Å². The summed E-state index contributed by atoms with van der Waals surface area (Å²) in [6.45, 7) is 0. The molecule has 0 saturated carbocycles. The van der Waals surface area contributed by atoms with Crippen LogP contribution in [0.3, 0.4) is 0 Å². The number of para-hydroxylation sites is 1. The molecule has 26 heavy (non-hydrogen) atoms. The van der Waals surface area contributed by atoms with Gasteiger partial charge >= 0.3 is 0 Å². The summed E-state index contributed by atoms with van der Waals surface area (Å²) < 4.78 is 1.76. The van der Waals surface area contributed by atoms with Crippen LogP contribution in [0.2, 0.25) is 0 Å². The monoisotopic (exact) mass is 476 g/mol. The lowest BCUT2D eigenvalue weighted by Crippen LogP contribution is -2.30. The van der Waals surface area contributed by atoms with E-state index in [1.807, 2.05) is 24.3 Å². The van der Waals surface area contributed by atoms with Crippen molar-refractivity contribution in [3.05, 3.63) is 69.4 Å². The normalized spacial score (nSPS) is 10.2. The number of halogens is 2. The van der Waals surface area contributed by atoms with Crippen molar-refractivity contribution < 1.29 is 4.79 Å². The van der Waals surface area contributed by atoms with Crippen LogP contribution in [0.15, 0.2) is 63.8 Å². The van der Waals surface area contributed by atoms with Crippen molar-refractivity contribution in [1.82, 2.24) is 15.4 Å². The van der Waals surface area contributed by atoms with Gasteiger partial charge in [-0.3, -0.25) is 15.6 Å². The number of anilines is 4. The fraction of sp³-hybridized carbons (Fsp3) is 0. The molecule has 3 rings (SSSR count). The van der Waals surface area contributed by atoms with Crippen molar-refractivity contribution in [3.8, 4) is 0 Å². The van der Waals surface area contributed by atoms with Crippen LogP contribution in [0.4, 0.5) is 23.0 Å². The van der Waals surface area contributed by atoms with E-state index >= 15 is 0 Å². The smallest absolute Gasteiger partial charge is 0.269 e. The summed E-state index contributed by atoms with van der Waals surface area (Å²) >= 11 is 6.78. The number of nitrogens with zero attached hydrogens (tertiary/aromatic N) is 2. The molecular weight excluding hydrogens is 464 g/mol. The summed E-state index contributed by atoms with van der Waals surface area (Å²) in [5.41, 5.74) is 13.0. The molecule has 0 unspecified atom stereocenters. The van der Waals surface area contributed by atoms with Crippen LogP contribution in [0, 0.1) is 0 Å². The van der Waals surface area contributed by atoms with Crippen molar-refractivity contribution in [1.29, 1.82) is 0 Å². The first-order valence-corrected chi connectivity index (χ1v) is 9.07. The molecule has 5 N–H and O–H groups in total. The molecule has 1 heterocycles. The van der Waals surface area contributed by atoms with Gasteiger partial charge in [0.1, 0.15) is 12.0 Å². The predicted octanol–water partition coefficient (Wildman–Crippen LogP) is 4.08. The van der Waals surface area contributed by atoms with Crippen molar-refractivity contribution >= 4 is 60.8 Å². The maximum atomic E-state index is 12.2. The molecule has 1 aromatic heterocycles. The number of hydrogen-bond acceptors (Lipinski definition) is 6. The molecule has 2 aromatic carbocycles. The van der Waals surface area contributed by atoms with Crippen LogP contribution in [-0.2, 0) is 0 Å². The van der Waals surface area contributed by atoms with Crippen molar-refractivity contribution in [2.75, 3.05) is 16.5 Å². The van der Waals surface area contributed by atoms with E-state index in [0.717, 1.165) is 14.6 Å². The lowest BCUT2D eigenvalue weighted by molar-refractivity contribution is 0.0962. The molecule has 1 amide bonds. The van der Waals surface area contributed by atoms with Gasteiger partial charge in [0.2, 0.25) is 0 Å². The molecule has 0 aliphatic heterocycles. The SMILES string of the molecule is Nc1c(NNC(=O)c2ccc(Br)cc2)ncnc1Nc1ccccc1Br. The summed E-state index contributed by atoms with van der Waals surface area (Å²) in [6.07, 6.45) is 1.35.